The molecule has 0 fully saturated rings. The predicted octanol–water partition coefficient (Wildman–Crippen LogP) is 1.77. The third-order valence-electron chi connectivity index (χ3n) is 3.03. The Kier molecular flexibility index (Phi) is 4.31. The Morgan fingerprint density at radius 2 is 1.84 bits per heavy atom. The summed E-state index contributed by atoms with van der Waals surface area (Å²) in [6.07, 6.45) is 0. The highest BCUT2D eigenvalue weighted by Crippen LogP contribution is 2.21. The molecule has 1 aromatic carbocycles. The van der Waals surface area contributed by atoms with Crippen molar-refractivity contribution in [2.75, 3.05) is 0 Å². The molecule has 1 rings (SSSR count). The van der Waals surface area contributed by atoms with Gasteiger partial charge in [-0.05, 0) is 25.0 Å². The lowest BCUT2D eigenvalue weighted by atomic mass is 9.92. The fraction of sp³-hybridized carbons (Fsp3) is 0.385. The second-order valence-electron chi connectivity index (χ2n) is 4.68. The molecule has 0 spiro atoms. The smallest absolute Gasteiger partial charge is 0.207 e. The van der Waals surface area contributed by atoms with Crippen LogP contribution in [0.15, 0.2) is 29.2 Å². The summed E-state index contributed by atoms with van der Waals surface area (Å²) >= 11 is 0. The summed E-state index contributed by atoms with van der Waals surface area (Å²) in [5, 5.41) is 18.1. The first-order valence-electron chi connectivity index (χ1n) is 5.71. The van der Waals surface area contributed by atoms with Crippen molar-refractivity contribution in [3.05, 3.63) is 29.8 Å². The van der Waals surface area contributed by atoms with Crippen molar-refractivity contribution in [2.45, 2.75) is 31.2 Å². The van der Waals surface area contributed by atoms with Gasteiger partial charge in [0.15, 0.2) is 0 Å². The van der Waals surface area contributed by atoms with Gasteiger partial charge in [0.25, 0.3) is 0 Å². The molecule has 0 unspecified atom stereocenters. The minimum absolute atomic E-state index is 0.0547. The molecule has 19 heavy (non-hydrogen) atoms. The van der Waals surface area contributed by atoms with Gasteiger partial charge in [0.1, 0.15) is 11.6 Å². The Morgan fingerprint density at radius 3 is 2.32 bits per heavy atom. The summed E-state index contributed by atoms with van der Waals surface area (Å²) in [4.78, 5) is -0.111. The van der Waals surface area contributed by atoms with Gasteiger partial charge in [0.05, 0.1) is 16.5 Å². The van der Waals surface area contributed by atoms with E-state index in [4.69, 9.17) is 10.5 Å². The first-order chi connectivity index (χ1) is 8.77. The number of benzene rings is 1. The molecule has 6 heteroatoms. The summed E-state index contributed by atoms with van der Waals surface area (Å²) in [7, 11) is -3.91. The summed E-state index contributed by atoms with van der Waals surface area (Å²) in [5.74, 6) is -0.207. The lowest BCUT2D eigenvalue weighted by Gasteiger charge is -2.27. The van der Waals surface area contributed by atoms with E-state index in [1.807, 2.05) is 12.1 Å². The maximum atomic E-state index is 12.3. The fourth-order valence-corrected chi connectivity index (χ4v) is 3.01. The molecule has 100 valence electrons. The fourth-order valence-electron chi connectivity index (χ4n) is 1.40. The van der Waals surface area contributed by atoms with E-state index in [9.17, 15) is 8.42 Å². The molecule has 1 N–H and O–H groups in total. The highest BCUT2D eigenvalue weighted by molar-refractivity contribution is 7.89. The molecule has 0 amide bonds. The lowest BCUT2D eigenvalue weighted by molar-refractivity contribution is 0.388. The quantitative estimate of drug-likeness (QED) is 0.907. The number of nitrogens with one attached hydrogen (secondary N) is 1. The highest BCUT2D eigenvalue weighted by atomic mass is 32.2. The molecular formula is C13H15N3O2S. The Bertz CT molecular complexity index is 653. The van der Waals surface area contributed by atoms with Gasteiger partial charge >= 0.3 is 0 Å². The van der Waals surface area contributed by atoms with Gasteiger partial charge in [-0.25, -0.2) is 8.42 Å². The summed E-state index contributed by atoms with van der Waals surface area (Å²) in [6, 6.07) is 9.69. The monoisotopic (exact) mass is 277 g/mol. The van der Waals surface area contributed by atoms with Crippen molar-refractivity contribution in [3.63, 3.8) is 0 Å². The molecule has 0 bridgehead atoms. The highest BCUT2D eigenvalue weighted by Gasteiger charge is 2.34. The first kappa shape index (κ1) is 15.2. The van der Waals surface area contributed by atoms with Gasteiger partial charge in [0, 0.05) is 0 Å². The molecule has 0 aliphatic heterocycles. The van der Waals surface area contributed by atoms with Crippen LogP contribution in [0.25, 0.3) is 0 Å². The summed E-state index contributed by atoms with van der Waals surface area (Å²) in [6.45, 7) is 5.02. The number of nitriles is 2. The molecule has 0 saturated carbocycles. The molecular weight excluding hydrogens is 262 g/mol. The Labute approximate surface area is 113 Å². The SMILES string of the molecule is CC(C)[C@@](C)(C#N)NS(=O)(=O)c1ccccc1C#N. The normalized spacial score (nSPS) is 14.4. The minimum Gasteiger partial charge on any atom is -0.207 e. The molecule has 0 saturated heterocycles. The van der Waals surface area contributed by atoms with E-state index in [2.05, 4.69) is 4.72 Å². The maximum absolute atomic E-state index is 12.3. The molecule has 1 aromatic rings. The topological polar surface area (TPSA) is 93.8 Å². The van der Waals surface area contributed by atoms with Crippen molar-refractivity contribution in [1.29, 1.82) is 10.5 Å². The number of hydrogen-bond donors (Lipinski definition) is 1. The van der Waals surface area contributed by atoms with Crippen LogP contribution in [-0.2, 0) is 10.0 Å². The zero-order valence-electron chi connectivity index (χ0n) is 11.0. The van der Waals surface area contributed by atoms with Crippen LogP contribution >= 0.6 is 0 Å². The second kappa shape index (κ2) is 5.40. The molecule has 0 aromatic heterocycles. The number of hydrogen-bond acceptors (Lipinski definition) is 4. The van der Waals surface area contributed by atoms with Gasteiger partial charge in [-0.1, -0.05) is 26.0 Å². The van der Waals surface area contributed by atoms with E-state index >= 15 is 0 Å². The zero-order chi connectivity index (χ0) is 14.7. The molecule has 0 heterocycles. The van der Waals surface area contributed by atoms with Gasteiger partial charge in [0.2, 0.25) is 10.0 Å². The largest absolute Gasteiger partial charge is 0.243 e. The minimum atomic E-state index is -3.91. The summed E-state index contributed by atoms with van der Waals surface area (Å²) < 4.78 is 26.9. The van der Waals surface area contributed by atoms with E-state index in [1.165, 1.54) is 25.1 Å². The predicted molar refractivity (Wildman–Crippen MR) is 70.3 cm³/mol. The average molecular weight is 277 g/mol. The van der Waals surface area contributed by atoms with Crippen molar-refractivity contribution in [2.24, 2.45) is 5.92 Å². The third kappa shape index (κ3) is 3.11. The van der Waals surface area contributed by atoms with Crippen LogP contribution in [0.3, 0.4) is 0 Å². The van der Waals surface area contributed by atoms with Crippen LogP contribution in [0.5, 0.6) is 0 Å². The van der Waals surface area contributed by atoms with Crippen molar-refractivity contribution >= 4 is 10.0 Å². The van der Waals surface area contributed by atoms with Crippen LogP contribution < -0.4 is 4.72 Å². The van der Waals surface area contributed by atoms with Crippen LogP contribution in [0.1, 0.15) is 26.3 Å². The first-order valence-corrected chi connectivity index (χ1v) is 7.19. The molecule has 0 aliphatic rings. The standard InChI is InChI=1S/C13H15N3O2S/c1-10(2)13(3,9-15)16-19(17,18)12-7-5-4-6-11(12)8-14/h4-7,10,16H,1-3H3/t13-/m1/s1. The zero-order valence-corrected chi connectivity index (χ0v) is 11.8. The number of rotatable bonds is 4. The van der Waals surface area contributed by atoms with E-state index in [0.29, 0.717) is 0 Å². The Morgan fingerprint density at radius 1 is 1.26 bits per heavy atom. The molecule has 0 radical (unpaired) electrons. The van der Waals surface area contributed by atoms with Gasteiger partial charge in [-0.15, -0.1) is 0 Å². The van der Waals surface area contributed by atoms with Crippen LogP contribution in [0.4, 0.5) is 0 Å². The number of sulfonamides is 1. The van der Waals surface area contributed by atoms with E-state index in [0.717, 1.165) is 0 Å². The summed E-state index contributed by atoms with van der Waals surface area (Å²) in [5.41, 5.74) is -1.17. The van der Waals surface area contributed by atoms with Crippen molar-refractivity contribution in [1.82, 2.24) is 4.72 Å². The molecule has 0 aliphatic carbocycles. The van der Waals surface area contributed by atoms with Crippen molar-refractivity contribution in [3.8, 4) is 12.1 Å². The lowest BCUT2D eigenvalue weighted by Crippen LogP contribution is -2.48. The van der Waals surface area contributed by atoms with Gasteiger partial charge < -0.3 is 0 Å². The third-order valence-corrected chi connectivity index (χ3v) is 4.66. The maximum Gasteiger partial charge on any atom is 0.243 e. The van der Waals surface area contributed by atoms with Crippen LogP contribution in [-0.4, -0.2) is 14.0 Å². The number of nitrogens with zero attached hydrogens (tertiary/aromatic N) is 2. The van der Waals surface area contributed by atoms with Crippen LogP contribution in [0, 0.1) is 28.6 Å². The van der Waals surface area contributed by atoms with E-state index in [-0.39, 0.29) is 16.4 Å². The van der Waals surface area contributed by atoms with Crippen LogP contribution in [0.2, 0.25) is 0 Å². The van der Waals surface area contributed by atoms with Crippen molar-refractivity contribution < 1.29 is 8.42 Å². The van der Waals surface area contributed by atoms with E-state index in [1.54, 1.807) is 19.9 Å². The second-order valence-corrected chi connectivity index (χ2v) is 6.33. The molecule has 5 nitrogen and oxygen atoms in total. The Balaban J connectivity index is 3.28. The average Bonchev–Trinajstić information content (AvgIpc) is 2.37. The molecule has 1 atom stereocenters. The van der Waals surface area contributed by atoms with E-state index < -0.39 is 15.6 Å². The van der Waals surface area contributed by atoms with Gasteiger partial charge in [-0.2, -0.15) is 15.2 Å². The van der Waals surface area contributed by atoms with Gasteiger partial charge in [-0.3, -0.25) is 0 Å². The Hall–Kier alpha value is -1.89.